The summed E-state index contributed by atoms with van der Waals surface area (Å²) in [6, 6.07) is -0.433. The molecule has 0 atom stereocenters. The molecule has 0 bridgehead atoms. The molecule has 2 N–H and O–H groups in total. The number of nitrogens with zero attached hydrogens (tertiary/aromatic N) is 1. The van der Waals surface area contributed by atoms with Gasteiger partial charge in [-0.25, -0.2) is 9.59 Å². The number of hydrogen-bond donors (Lipinski definition) is 2. The smallest absolute Gasteiger partial charge is 0.341 e. The van der Waals surface area contributed by atoms with Gasteiger partial charge in [0.25, 0.3) is 5.91 Å². The van der Waals surface area contributed by atoms with Gasteiger partial charge >= 0.3 is 12.0 Å². The van der Waals surface area contributed by atoms with Crippen molar-refractivity contribution in [3.05, 3.63) is 16.0 Å². The lowest BCUT2D eigenvalue weighted by Gasteiger charge is -2.19. The van der Waals surface area contributed by atoms with Crippen molar-refractivity contribution in [3.8, 4) is 0 Å². The van der Waals surface area contributed by atoms with E-state index in [4.69, 9.17) is 4.74 Å². The Hall–Kier alpha value is -2.42. The summed E-state index contributed by atoms with van der Waals surface area (Å²) in [5.41, 5.74) is 0.483. The number of carbonyl (C=O) groups is 4. The standard InChI is InChI=1S/C20H27N3O5S/c1-4-13-12(3)29-16(15(13)17(25)28-5-2)21-14(24)8-11-23-18(26)20(22-19(23)27)9-6-7-10-20/h4-11H2,1-3H3,(H,21,24)(H,22,27). The second-order valence-corrected chi connectivity index (χ2v) is 8.61. The van der Waals surface area contributed by atoms with Crippen LogP contribution in [0.1, 0.15) is 66.8 Å². The number of urea groups is 1. The lowest BCUT2D eigenvalue weighted by atomic mass is 9.98. The molecular weight excluding hydrogens is 394 g/mol. The van der Waals surface area contributed by atoms with Crippen LogP contribution in [-0.4, -0.2) is 47.4 Å². The topological polar surface area (TPSA) is 105 Å². The molecule has 0 aromatic carbocycles. The zero-order chi connectivity index (χ0) is 21.2. The van der Waals surface area contributed by atoms with Crippen LogP contribution in [-0.2, 0) is 20.7 Å². The SMILES string of the molecule is CCOC(=O)c1c(NC(=O)CCN2C(=O)NC3(CCCC3)C2=O)sc(C)c1CC. The lowest BCUT2D eigenvalue weighted by Crippen LogP contribution is -2.44. The average Bonchev–Trinajstić information content (AvgIpc) is 3.32. The van der Waals surface area contributed by atoms with E-state index in [-0.39, 0.29) is 31.4 Å². The molecule has 1 saturated heterocycles. The summed E-state index contributed by atoms with van der Waals surface area (Å²) in [6.45, 7) is 5.84. The molecule has 2 aliphatic rings. The first-order valence-electron chi connectivity index (χ1n) is 10.1. The van der Waals surface area contributed by atoms with Crippen molar-refractivity contribution in [2.24, 2.45) is 0 Å². The number of amides is 4. The van der Waals surface area contributed by atoms with Crippen LogP contribution in [0.2, 0.25) is 0 Å². The molecule has 1 saturated carbocycles. The minimum atomic E-state index is -0.772. The molecule has 3 rings (SSSR count). The Morgan fingerprint density at radius 1 is 1.24 bits per heavy atom. The molecule has 0 radical (unpaired) electrons. The summed E-state index contributed by atoms with van der Waals surface area (Å²) in [5.74, 6) is -1.05. The van der Waals surface area contributed by atoms with Crippen molar-refractivity contribution in [1.82, 2.24) is 10.2 Å². The van der Waals surface area contributed by atoms with Crippen molar-refractivity contribution in [2.75, 3.05) is 18.5 Å². The fraction of sp³-hybridized carbons (Fsp3) is 0.600. The second-order valence-electron chi connectivity index (χ2n) is 7.39. The number of rotatable bonds is 7. The van der Waals surface area contributed by atoms with Crippen molar-refractivity contribution >= 4 is 40.2 Å². The first kappa shape index (κ1) is 21.3. The Morgan fingerprint density at radius 2 is 1.93 bits per heavy atom. The highest BCUT2D eigenvalue weighted by Gasteiger charge is 2.52. The van der Waals surface area contributed by atoms with E-state index in [1.54, 1.807) is 6.92 Å². The highest BCUT2D eigenvalue weighted by Crippen LogP contribution is 2.36. The molecule has 9 heteroatoms. The van der Waals surface area contributed by atoms with Crippen LogP contribution in [0.5, 0.6) is 0 Å². The van der Waals surface area contributed by atoms with Gasteiger partial charge in [0.2, 0.25) is 5.91 Å². The zero-order valence-corrected chi connectivity index (χ0v) is 17.9. The highest BCUT2D eigenvalue weighted by molar-refractivity contribution is 7.16. The van der Waals surface area contributed by atoms with Crippen LogP contribution in [0, 0.1) is 6.92 Å². The van der Waals surface area contributed by atoms with Gasteiger partial charge in [-0.2, -0.15) is 0 Å². The largest absolute Gasteiger partial charge is 0.462 e. The normalized spacial score (nSPS) is 17.7. The second kappa shape index (κ2) is 8.52. The van der Waals surface area contributed by atoms with Gasteiger partial charge in [-0.1, -0.05) is 19.8 Å². The van der Waals surface area contributed by atoms with E-state index in [0.29, 0.717) is 29.8 Å². The number of anilines is 1. The van der Waals surface area contributed by atoms with E-state index in [9.17, 15) is 19.2 Å². The van der Waals surface area contributed by atoms with E-state index < -0.39 is 17.5 Å². The Kier molecular flexibility index (Phi) is 6.26. The van der Waals surface area contributed by atoms with Crippen molar-refractivity contribution in [1.29, 1.82) is 0 Å². The van der Waals surface area contributed by atoms with Gasteiger partial charge in [0.1, 0.15) is 10.5 Å². The Labute approximate surface area is 174 Å². The maximum Gasteiger partial charge on any atom is 0.341 e. The van der Waals surface area contributed by atoms with Crippen LogP contribution in [0.25, 0.3) is 0 Å². The minimum Gasteiger partial charge on any atom is -0.462 e. The summed E-state index contributed by atoms with van der Waals surface area (Å²) in [4.78, 5) is 51.8. The monoisotopic (exact) mass is 421 g/mol. The third-order valence-electron chi connectivity index (χ3n) is 5.56. The summed E-state index contributed by atoms with van der Waals surface area (Å²) < 4.78 is 5.14. The van der Waals surface area contributed by atoms with E-state index in [2.05, 4.69) is 10.6 Å². The molecule has 2 heterocycles. The van der Waals surface area contributed by atoms with Crippen LogP contribution in [0.15, 0.2) is 0 Å². The van der Waals surface area contributed by atoms with E-state index in [1.807, 2.05) is 13.8 Å². The summed E-state index contributed by atoms with van der Waals surface area (Å²) in [6.07, 6.45) is 3.74. The van der Waals surface area contributed by atoms with Gasteiger partial charge in [0.05, 0.1) is 12.2 Å². The maximum atomic E-state index is 12.7. The van der Waals surface area contributed by atoms with Crippen molar-refractivity contribution in [3.63, 3.8) is 0 Å². The third kappa shape index (κ3) is 4.01. The number of carbonyl (C=O) groups excluding carboxylic acids is 4. The molecular formula is C20H27N3O5S. The van der Waals surface area contributed by atoms with E-state index in [1.165, 1.54) is 11.3 Å². The lowest BCUT2D eigenvalue weighted by molar-refractivity contribution is -0.131. The quantitative estimate of drug-likeness (QED) is 0.520. The van der Waals surface area contributed by atoms with Gasteiger partial charge in [0, 0.05) is 17.8 Å². The average molecular weight is 422 g/mol. The molecule has 0 unspecified atom stereocenters. The number of aryl methyl sites for hydroxylation is 1. The Balaban J connectivity index is 1.66. The van der Waals surface area contributed by atoms with Crippen LogP contribution in [0.3, 0.4) is 0 Å². The molecule has 1 spiro atoms. The van der Waals surface area contributed by atoms with Gasteiger partial charge in [-0.15, -0.1) is 11.3 Å². The van der Waals surface area contributed by atoms with E-state index in [0.717, 1.165) is 28.2 Å². The van der Waals surface area contributed by atoms with Gasteiger partial charge in [-0.05, 0) is 38.7 Å². The molecule has 2 fully saturated rings. The fourth-order valence-electron chi connectivity index (χ4n) is 4.11. The molecule has 29 heavy (non-hydrogen) atoms. The van der Waals surface area contributed by atoms with Gasteiger partial charge in [0.15, 0.2) is 0 Å². The predicted octanol–water partition coefficient (Wildman–Crippen LogP) is 2.99. The molecule has 1 aromatic rings. The number of imide groups is 1. The van der Waals surface area contributed by atoms with E-state index >= 15 is 0 Å². The number of thiophene rings is 1. The van der Waals surface area contributed by atoms with Crippen LogP contribution < -0.4 is 10.6 Å². The molecule has 1 aliphatic heterocycles. The summed E-state index contributed by atoms with van der Waals surface area (Å²) >= 11 is 1.33. The predicted molar refractivity (Wildman–Crippen MR) is 109 cm³/mol. The Morgan fingerprint density at radius 3 is 2.55 bits per heavy atom. The van der Waals surface area contributed by atoms with Crippen molar-refractivity contribution in [2.45, 2.75) is 64.8 Å². The first-order valence-corrected chi connectivity index (χ1v) is 10.9. The first-order chi connectivity index (χ1) is 13.8. The third-order valence-corrected chi connectivity index (χ3v) is 6.62. The van der Waals surface area contributed by atoms with Crippen LogP contribution in [0.4, 0.5) is 9.80 Å². The van der Waals surface area contributed by atoms with Crippen molar-refractivity contribution < 1.29 is 23.9 Å². The number of esters is 1. The number of ether oxygens (including phenoxy) is 1. The molecule has 1 aromatic heterocycles. The number of nitrogens with one attached hydrogen (secondary N) is 2. The zero-order valence-electron chi connectivity index (χ0n) is 17.1. The number of hydrogen-bond acceptors (Lipinski definition) is 6. The van der Waals surface area contributed by atoms with Crippen LogP contribution >= 0.6 is 11.3 Å². The molecule has 4 amide bonds. The van der Waals surface area contributed by atoms with Gasteiger partial charge < -0.3 is 15.4 Å². The fourth-order valence-corrected chi connectivity index (χ4v) is 5.26. The van der Waals surface area contributed by atoms with Gasteiger partial charge in [-0.3, -0.25) is 14.5 Å². The maximum absolute atomic E-state index is 12.7. The highest BCUT2D eigenvalue weighted by atomic mass is 32.1. The summed E-state index contributed by atoms with van der Waals surface area (Å²) in [5, 5.41) is 6.03. The molecule has 158 valence electrons. The molecule has 8 nitrogen and oxygen atoms in total. The Bertz CT molecular complexity index is 841. The summed E-state index contributed by atoms with van der Waals surface area (Å²) in [7, 11) is 0. The minimum absolute atomic E-state index is 0.0119. The molecule has 1 aliphatic carbocycles.